The summed E-state index contributed by atoms with van der Waals surface area (Å²) in [5, 5.41) is 9.03. The molecule has 4 heterocycles. The molecule has 1 fully saturated rings. The molecule has 3 aromatic heterocycles. The lowest BCUT2D eigenvalue weighted by Gasteiger charge is -2.26. The van der Waals surface area contributed by atoms with Gasteiger partial charge < -0.3 is 9.64 Å². The fourth-order valence-electron chi connectivity index (χ4n) is 4.89. The summed E-state index contributed by atoms with van der Waals surface area (Å²) in [6, 6.07) is 6.59. The van der Waals surface area contributed by atoms with Gasteiger partial charge in [-0.2, -0.15) is 0 Å². The molecule has 1 aliphatic rings. The van der Waals surface area contributed by atoms with E-state index in [0.717, 1.165) is 13.0 Å². The number of halogens is 1. The van der Waals surface area contributed by atoms with E-state index in [9.17, 15) is 4.79 Å². The van der Waals surface area contributed by atoms with Crippen LogP contribution in [-0.2, 0) is 7.05 Å². The van der Waals surface area contributed by atoms with Gasteiger partial charge in [-0.15, -0.1) is 10.2 Å². The zero-order chi connectivity index (χ0) is 24.5. The lowest BCUT2D eigenvalue weighted by atomic mass is 10.0. The van der Waals surface area contributed by atoms with Crippen molar-refractivity contribution in [1.29, 1.82) is 0 Å². The molecule has 0 saturated carbocycles. The van der Waals surface area contributed by atoms with E-state index in [0.29, 0.717) is 45.7 Å². The first-order valence-electron chi connectivity index (χ1n) is 12.3. The fraction of sp³-hybridized carbons (Fsp3) is 0.462. The lowest BCUT2D eigenvalue weighted by Crippen LogP contribution is -2.31. The van der Waals surface area contributed by atoms with Gasteiger partial charge >= 0.3 is 5.69 Å². The first-order chi connectivity index (χ1) is 16.9. The number of hydrogen-bond acceptors (Lipinski definition) is 6. The molecular formula is C26H31FN6O2. The lowest BCUT2D eigenvalue weighted by molar-refractivity contribution is 0.203. The van der Waals surface area contributed by atoms with Crippen LogP contribution in [0.25, 0.3) is 33.2 Å². The number of piperidine rings is 1. The van der Waals surface area contributed by atoms with Crippen LogP contribution in [0.4, 0.5) is 4.39 Å². The van der Waals surface area contributed by atoms with Crippen molar-refractivity contribution in [2.45, 2.75) is 45.6 Å². The van der Waals surface area contributed by atoms with Gasteiger partial charge in [0.05, 0.1) is 12.1 Å². The maximum absolute atomic E-state index is 15.1. The molecule has 0 unspecified atom stereocenters. The second-order valence-corrected chi connectivity index (χ2v) is 9.52. The number of benzene rings is 1. The average Bonchev–Trinajstić information content (AvgIpc) is 3.13. The third kappa shape index (κ3) is 4.52. The molecule has 0 N–H and O–H groups in total. The molecule has 1 saturated heterocycles. The number of hydrogen-bond donors (Lipinski definition) is 0. The number of imidazole rings is 1. The quantitative estimate of drug-likeness (QED) is 0.368. The number of ether oxygens (including phenoxy) is 1. The van der Waals surface area contributed by atoms with Crippen molar-refractivity contribution in [3.05, 3.63) is 46.8 Å². The topological polar surface area (TPSA) is 78.1 Å². The molecule has 184 valence electrons. The Bertz CT molecular complexity index is 1400. The normalized spacial score (nSPS) is 14.9. The highest BCUT2D eigenvalue weighted by Crippen LogP contribution is 2.31. The Balaban J connectivity index is 1.40. The zero-order valence-corrected chi connectivity index (χ0v) is 20.5. The van der Waals surface area contributed by atoms with Crippen LogP contribution in [0.1, 0.15) is 45.6 Å². The first kappa shape index (κ1) is 23.4. The number of aromatic nitrogens is 5. The number of aryl methyl sites for hydroxylation is 1. The van der Waals surface area contributed by atoms with Crippen LogP contribution in [0.15, 0.2) is 35.3 Å². The fourth-order valence-corrected chi connectivity index (χ4v) is 4.89. The summed E-state index contributed by atoms with van der Waals surface area (Å²) in [4.78, 5) is 19.7. The second-order valence-electron chi connectivity index (χ2n) is 9.52. The van der Waals surface area contributed by atoms with Crippen molar-refractivity contribution in [3.63, 3.8) is 0 Å². The van der Waals surface area contributed by atoms with Gasteiger partial charge in [0, 0.05) is 54.5 Å². The van der Waals surface area contributed by atoms with Gasteiger partial charge in [0.2, 0.25) is 5.88 Å². The Morgan fingerprint density at radius 3 is 2.63 bits per heavy atom. The van der Waals surface area contributed by atoms with Crippen molar-refractivity contribution in [3.8, 4) is 17.0 Å². The molecule has 35 heavy (non-hydrogen) atoms. The highest BCUT2D eigenvalue weighted by molar-refractivity contribution is 6.02. The van der Waals surface area contributed by atoms with Crippen molar-refractivity contribution < 1.29 is 9.13 Å². The summed E-state index contributed by atoms with van der Waals surface area (Å²) < 4.78 is 24.0. The second kappa shape index (κ2) is 9.73. The molecule has 1 aromatic carbocycles. The van der Waals surface area contributed by atoms with Gasteiger partial charge in [-0.1, -0.05) is 6.42 Å². The largest absolute Gasteiger partial charge is 0.478 e. The Labute approximate surface area is 203 Å². The number of fused-ring (bicyclic) bond motifs is 3. The summed E-state index contributed by atoms with van der Waals surface area (Å²) in [5.74, 6) is 0.107. The molecular weight excluding hydrogens is 447 g/mol. The van der Waals surface area contributed by atoms with Crippen molar-refractivity contribution in [2.75, 3.05) is 26.2 Å². The molecule has 0 bridgehead atoms. The summed E-state index contributed by atoms with van der Waals surface area (Å²) in [6.07, 6.45) is 6.48. The van der Waals surface area contributed by atoms with Gasteiger partial charge in [-0.3, -0.25) is 9.13 Å². The van der Waals surface area contributed by atoms with E-state index in [-0.39, 0.29) is 11.7 Å². The maximum Gasteiger partial charge on any atom is 0.330 e. The standard InChI is InChI=1S/C26H31FN6O2/c1-17(2)33-24-20-14-19(21(27)15-22(20)29-30-25(24)31(3)26(33)34)18-8-9-23(28-16-18)35-13-7-12-32-10-5-4-6-11-32/h8-9,14-17H,4-7,10-13H2,1-3H3. The van der Waals surface area contributed by atoms with Gasteiger partial charge in [0.25, 0.3) is 0 Å². The van der Waals surface area contributed by atoms with Crippen molar-refractivity contribution in [2.24, 2.45) is 7.05 Å². The summed E-state index contributed by atoms with van der Waals surface area (Å²) in [7, 11) is 1.67. The van der Waals surface area contributed by atoms with E-state index in [1.807, 2.05) is 19.9 Å². The van der Waals surface area contributed by atoms with E-state index < -0.39 is 5.82 Å². The van der Waals surface area contributed by atoms with E-state index in [1.165, 1.54) is 43.0 Å². The van der Waals surface area contributed by atoms with Gasteiger partial charge in [0.15, 0.2) is 5.65 Å². The average molecular weight is 479 g/mol. The van der Waals surface area contributed by atoms with Crippen LogP contribution < -0.4 is 10.4 Å². The third-order valence-electron chi connectivity index (χ3n) is 6.74. The first-order valence-corrected chi connectivity index (χ1v) is 12.3. The highest BCUT2D eigenvalue weighted by Gasteiger charge is 2.20. The minimum absolute atomic E-state index is 0.0832. The molecule has 1 aliphatic heterocycles. The van der Waals surface area contributed by atoms with Crippen LogP contribution >= 0.6 is 0 Å². The minimum Gasteiger partial charge on any atom is -0.478 e. The Morgan fingerprint density at radius 1 is 1.11 bits per heavy atom. The van der Waals surface area contributed by atoms with Crippen molar-refractivity contribution >= 4 is 22.1 Å². The Morgan fingerprint density at radius 2 is 1.91 bits per heavy atom. The van der Waals surface area contributed by atoms with Gasteiger partial charge in [-0.05, 0) is 58.3 Å². The summed E-state index contributed by atoms with van der Waals surface area (Å²) >= 11 is 0. The monoisotopic (exact) mass is 478 g/mol. The smallest absolute Gasteiger partial charge is 0.330 e. The molecule has 5 rings (SSSR count). The predicted molar refractivity (Wildman–Crippen MR) is 134 cm³/mol. The third-order valence-corrected chi connectivity index (χ3v) is 6.74. The number of rotatable bonds is 7. The van der Waals surface area contributed by atoms with Gasteiger partial charge in [0.1, 0.15) is 11.3 Å². The van der Waals surface area contributed by atoms with E-state index >= 15 is 4.39 Å². The number of nitrogens with zero attached hydrogens (tertiary/aromatic N) is 6. The summed E-state index contributed by atoms with van der Waals surface area (Å²) in [5.41, 5.74) is 2.37. The zero-order valence-electron chi connectivity index (χ0n) is 20.5. The molecule has 0 radical (unpaired) electrons. The SMILES string of the molecule is CC(C)n1c(=O)n(C)c2nnc3cc(F)c(-c4ccc(OCCCN5CCCCC5)nc4)cc3c21. The Kier molecular flexibility index (Phi) is 6.51. The molecule has 0 amide bonds. The van der Waals surface area contributed by atoms with E-state index in [2.05, 4.69) is 20.1 Å². The van der Waals surface area contributed by atoms with E-state index in [4.69, 9.17) is 4.74 Å². The molecule has 0 spiro atoms. The number of likely N-dealkylation sites (tertiary alicyclic amines) is 1. The maximum atomic E-state index is 15.1. The van der Waals surface area contributed by atoms with Crippen LogP contribution in [0.3, 0.4) is 0 Å². The van der Waals surface area contributed by atoms with Gasteiger partial charge in [-0.25, -0.2) is 14.2 Å². The number of pyridine rings is 1. The molecule has 0 atom stereocenters. The minimum atomic E-state index is -0.419. The van der Waals surface area contributed by atoms with Crippen molar-refractivity contribution in [1.82, 2.24) is 29.2 Å². The Hall–Kier alpha value is -3.33. The highest BCUT2D eigenvalue weighted by atomic mass is 19.1. The van der Waals surface area contributed by atoms with Crippen LogP contribution in [-0.4, -0.2) is 55.5 Å². The summed E-state index contributed by atoms with van der Waals surface area (Å²) in [6.45, 7) is 7.87. The van der Waals surface area contributed by atoms with Crippen LogP contribution in [0, 0.1) is 5.82 Å². The van der Waals surface area contributed by atoms with E-state index in [1.54, 1.807) is 29.9 Å². The van der Waals surface area contributed by atoms with Crippen LogP contribution in [0.2, 0.25) is 0 Å². The molecule has 9 heteroatoms. The predicted octanol–water partition coefficient (Wildman–Crippen LogP) is 4.32. The molecule has 8 nitrogen and oxygen atoms in total. The van der Waals surface area contributed by atoms with Crippen LogP contribution in [0.5, 0.6) is 5.88 Å². The molecule has 0 aliphatic carbocycles. The molecule has 4 aromatic rings.